The molecule has 2 aromatic rings. The van der Waals surface area contributed by atoms with E-state index in [1.54, 1.807) is 30.3 Å². The van der Waals surface area contributed by atoms with E-state index in [1.165, 1.54) is 13.0 Å². The van der Waals surface area contributed by atoms with Gasteiger partial charge in [-0.15, -0.1) is 0 Å². The number of amides is 1. The molecule has 0 saturated carbocycles. The van der Waals surface area contributed by atoms with Crippen LogP contribution >= 0.6 is 0 Å². The van der Waals surface area contributed by atoms with Gasteiger partial charge in [0, 0.05) is 18.7 Å². The molecule has 0 fully saturated rings. The molecule has 0 aliphatic heterocycles. The number of carbonyl (C=O) groups excluding carboxylic acids is 1. The van der Waals surface area contributed by atoms with Crippen molar-refractivity contribution in [2.24, 2.45) is 0 Å². The van der Waals surface area contributed by atoms with Crippen molar-refractivity contribution in [2.75, 3.05) is 5.32 Å². The molecule has 0 unspecified atom stereocenters. The molecular weight excluding hydrogens is 262 g/mol. The molecule has 0 spiro atoms. The minimum Gasteiger partial charge on any atom is -0.486 e. The van der Waals surface area contributed by atoms with Gasteiger partial charge < -0.3 is 19.6 Å². The van der Waals surface area contributed by atoms with Gasteiger partial charge >= 0.3 is 5.97 Å². The van der Waals surface area contributed by atoms with Gasteiger partial charge in [0.15, 0.2) is 0 Å². The number of rotatable bonds is 5. The summed E-state index contributed by atoms with van der Waals surface area (Å²) in [6.45, 7) is 1.53. The maximum absolute atomic E-state index is 10.9. The fraction of sp³-hybridized carbons (Fsp3) is 0.143. The lowest BCUT2D eigenvalue weighted by atomic mass is 10.3. The first kappa shape index (κ1) is 13.7. The maximum atomic E-state index is 10.9. The van der Waals surface area contributed by atoms with Gasteiger partial charge in [0.05, 0.1) is 0 Å². The molecule has 0 saturated heterocycles. The zero-order chi connectivity index (χ0) is 14.5. The quantitative estimate of drug-likeness (QED) is 0.875. The van der Waals surface area contributed by atoms with Gasteiger partial charge in [-0.1, -0.05) is 6.07 Å². The zero-order valence-corrected chi connectivity index (χ0v) is 10.8. The number of carboxylic acid groups (broad SMARTS) is 1. The minimum absolute atomic E-state index is 0.108. The summed E-state index contributed by atoms with van der Waals surface area (Å²) >= 11 is 0. The van der Waals surface area contributed by atoms with Gasteiger partial charge in [0.1, 0.15) is 18.1 Å². The molecule has 0 bridgehead atoms. The third kappa shape index (κ3) is 3.61. The van der Waals surface area contributed by atoms with Crippen LogP contribution in [0, 0.1) is 0 Å². The summed E-state index contributed by atoms with van der Waals surface area (Å²) in [5.41, 5.74) is 0.626. The Morgan fingerprint density at radius 1 is 1.30 bits per heavy atom. The van der Waals surface area contributed by atoms with E-state index >= 15 is 0 Å². The average Bonchev–Trinajstić information content (AvgIpc) is 2.85. The highest BCUT2D eigenvalue weighted by Gasteiger charge is 2.09. The summed E-state index contributed by atoms with van der Waals surface area (Å²) in [4.78, 5) is 21.6. The molecule has 1 heterocycles. The van der Waals surface area contributed by atoms with Crippen LogP contribution in [0.25, 0.3) is 0 Å². The van der Waals surface area contributed by atoms with Crippen molar-refractivity contribution in [2.45, 2.75) is 13.5 Å². The van der Waals surface area contributed by atoms with Gasteiger partial charge in [0.2, 0.25) is 11.7 Å². The number of hydrogen-bond acceptors (Lipinski definition) is 4. The predicted octanol–water partition coefficient (Wildman–Crippen LogP) is 2.52. The highest BCUT2D eigenvalue weighted by Crippen LogP contribution is 2.19. The van der Waals surface area contributed by atoms with Crippen LogP contribution < -0.4 is 10.1 Å². The number of benzene rings is 1. The van der Waals surface area contributed by atoms with Gasteiger partial charge in [-0.05, 0) is 24.3 Å². The Bertz CT molecular complexity index is 632. The third-order valence-corrected chi connectivity index (χ3v) is 2.41. The summed E-state index contributed by atoms with van der Waals surface area (Å²) < 4.78 is 10.5. The Hall–Kier alpha value is -2.76. The van der Waals surface area contributed by atoms with E-state index in [9.17, 15) is 9.59 Å². The van der Waals surface area contributed by atoms with E-state index in [-0.39, 0.29) is 18.3 Å². The Balaban J connectivity index is 1.99. The third-order valence-electron chi connectivity index (χ3n) is 2.41. The molecular formula is C14H13NO5. The first-order chi connectivity index (χ1) is 9.54. The molecule has 0 aliphatic carbocycles. The summed E-state index contributed by atoms with van der Waals surface area (Å²) in [6.07, 6.45) is 0. The van der Waals surface area contributed by atoms with Crippen LogP contribution in [-0.4, -0.2) is 17.0 Å². The van der Waals surface area contributed by atoms with Crippen LogP contribution in [0.4, 0.5) is 5.69 Å². The maximum Gasteiger partial charge on any atom is 0.371 e. The van der Waals surface area contributed by atoms with Crippen molar-refractivity contribution < 1.29 is 23.8 Å². The fourth-order valence-electron chi connectivity index (χ4n) is 1.59. The number of carbonyl (C=O) groups is 2. The Labute approximate surface area is 115 Å². The Morgan fingerprint density at radius 3 is 2.75 bits per heavy atom. The number of furan rings is 1. The van der Waals surface area contributed by atoms with Crippen molar-refractivity contribution in [1.82, 2.24) is 0 Å². The predicted molar refractivity (Wildman–Crippen MR) is 70.7 cm³/mol. The summed E-state index contributed by atoms with van der Waals surface area (Å²) in [5.74, 6) is -0.462. The zero-order valence-electron chi connectivity index (χ0n) is 10.8. The first-order valence-corrected chi connectivity index (χ1v) is 5.87. The molecule has 6 nitrogen and oxygen atoms in total. The largest absolute Gasteiger partial charge is 0.486 e. The smallest absolute Gasteiger partial charge is 0.371 e. The fourth-order valence-corrected chi connectivity index (χ4v) is 1.59. The van der Waals surface area contributed by atoms with Crippen molar-refractivity contribution in [1.29, 1.82) is 0 Å². The molecule has 2 rings (SSSR count). The van der Waals surface area contributed by atoms with E-state index < -0.39 is 5.97 Å². The molecule has 2 N–H and O–H groups in total. The highest BCUT2D eigenvalue weighted by atomic mass is 16.5. The summed E-state index contributed by atoms with van der Waals surface area (Å²) in [7, 11) is 0. The molecule has 20 heavy (non-hydrogen) atoms. The van der Waals surface area contributed by atoms with Crippen LogP contribution in [0.3, 0.4) is 0 Å². The van der Waals surface area contributed by atoms with Crippen molar-refractivity contribution in [3.8, 4) is 5.75 Å². The number of nitrogens with one attached hydrogen (secondary N) is 1. The number of carboxylic acids is 1. The van der Waals surface area contributed by atoms with Gasteiger partial charge in [-0.3, -0.25) is 4.79 Å². The number of hydrogen-bond donors (Lipinski definition) is 2. The monoisotopic (exact) mass is 275 g/mol. The summed E-state index contributed by atoms with van der Waals surface area (Å²) in [5, 5.41) is 11.4. The van der Waals surface area contributed by atoms with E-state index in [1.807, 2.05) is 0 Å². The second-order valence-electron chi connectivity index (χ2n) is 4.07. The van der Waals surface area contributed by atoms with Gasteiger partial charge in [-0.25, -0.2) is 4.79 Å². The number of aromatic carboxylic acids is 1. The lowest BCUT2D eigenvalue weighted by Gasteiger charge is -2.07. The molecule has 104 valence electrons. The van der Waals surface area contributed by atoms with E-state index in [0.717, 1.165) is 0 Å². The molecule has 0 aliphatic rings. The minimum atomic E-state index is -1.12. The molecule has 0 atom stereocenters. The topological polar surface area (TPSA) is 88.8 Å². The van der Waals surface area contributed by atoms with Crippen molar-refractivity contribution in [3.05, 3.63) is 47.9 Å². The van der Waals surface area contributed by atoms with E-state index in [4.69, 9.17) is 14.3 Å². The SMILES string of the molecule is CC(=O)Nc1cccc(OCc2ccc(C(=O)O)o2)c1. The first-order valence-electron chi connectivity index (χ1n) is 5.87. The van der Waals surface area contributed by atoms with Crippen LogP contribution in [0.2, 0.25) is 0 Å². The lowest BCUT2D eigenvalue weighted by molar-refractivity contribution is -0.114. The second kappa shape index (κ2) is 5.92. The highest BCUT2D eigenvalue weighted by molar-refractivity contribution is 5.88. The summed E-state index contributed by atoms with van der Waals surface area (Å²) in [6, 6.07) is 9.79. The second-order valence-corrected chi connectivity index (χ2v) is 4.07. The Kier molecular flexibility index (Phi) is 4.05. The van der Waals surface area contributed by atoms with Crippen molar-refractivity contribution in [3.63, 3.8) is 0 Å². The van der Waals surface area contributed by atoms with Crippen LogP contribution in [0.1, 0.15) is 23.2 Å². The van der Waals surface area contributed by atoms with E-state index in [0.29, 0.717) is 17.2 Å². The Morgan fingerprint density at radius 2 is 2.10 bits per heavy atom. The molecule has 1 aromatic heterocycles. The molecule has 6 heteroatoms. The normalized spacial score (nSPS) is 10.1. The lowest BCUT2D eigenvalue weighted by Crippen LogP contribution is -2.05. The van der Waals surface area contributed by atoms with Crippen LogP contribution in [-0.2, 0) is 11.4 Å². The average molecular weight is 275 g/mol. The van der Waals surface area contributed by atoms with Crippen molar-refractivity contribution >= 4 is 17.6 Å². The van der Waals surface area contributed by atoms with Gasteiger partial charge in [0.25, 0.3) is 0 Å². The molecule has 1 aromatic carbocycles. The van der Waals surface area contributed by atoms with Crippen LogP contribution in [0.5, 0.6) is 5.75 Å². The van der Waals surface area contributed by atoms with Crippen LogP contribution in [0.15, 0.2) is 40.8 Å². The standard InChI is InChI=1S/C14H13NO5/c1-9(16)15-10-3-2-4-11(7-10)19-8-12-5-6-13(20-12)14(17)18/h2-7H,8H2,1H3,(H,15,16)(H,17,18). The number of anilines is 1. The molecule has 1 amide bonds. The molecule has 0 radical (unpaired) electrons. The van der Waals surface area contributed by atoms with Gasteiger partial charge in [-0.2, -0.15) is 0 Å². The number of ether oxygens (including phenoxy) is 1. The van der Waals surface area contributed by atoms with E-state index in [2.05, 4.69) is 5.32 Å².